The van der Waals surface area contributed by atoms with Crippen LogP contribution >= 0.6 is 11.6 Å². The van der Waals surface area contributed by atoms with E-state index < -0.39 is 0 Å². The molecule has 0 saturated heterocycles. The molecule has 21 heavy (non-hydrogen) atoms. The van der Waals surface area contributed by atoms with Crippen LogP contribution in [0.5, 0.6) is 0 Å². The first-order valence-electron chi connectivity index (χ1n) is 7.17. The molecule has 114 valence electrons. The number of halogens is 1. The van der Waals surface area contributed by atoms with Crippen LogP contribution in [0.2, 0.25) is 0 Å². The summed E-state index contributed by atoms with van der Waals surface area (Å²) in [6.07, 6.45) is 0. The average Bonchev–Trinajstić information content (AvgIpc) is 2.53. The summed E-state index contributed by atoms with van der Waals surface area (Å²) in [4.78, 5) is 0. The van der Waals surface area contributed by atoms with Crippen molar-refractivity contribution in [3.63, 3.8) is 0 Å². The third kappa shape index (κ3) is 6.02. The summed E-state index contributed by atoms with van der Waals surface area (Å²) in [6.45, 7) is 3.51. The van der Waals surface area contributed by atoms with Crippen LogP contribution in [0.25, 0.3) is 10.8 Å². The first kappa shape index (κ1) is 16.2. The Kier molecular flexibility index (Phi) is 7.54. The van der Waals surface area contributed by atoms with E-state index in [-0.39, 0.29) is 0 Å². The van der Waals surface area contributed by atoms with E-state index in [0.29, 0.717) is 45.5 Å². The molecule has 0 aromatic heterocycles. The van der Waals surface area contributed by atoms with E-state index in [9.17, 15) is 0 Å². The van der Waals surface area contributed by atoms with Gasteiger partial charge in [-0.25, -0.2) is 0 Å². The van der Waals surface area contributed by atoms with Gasteiger partial charge in [0.2, 0.25) is 0 Å². The molecule has 0 unspecified atom stereocenters. The molecule has 0 fully saturated rings. The smallest absolute Gasteiger partial charge is 0.0718 e. The molecule has 2 rings (SSSR count). The van der Waals surface area contributed by atoms with Crippen molar-refractivity contribution in [3.8, 4) is 0 Å². The average molecular weight is 309 g/mol. The lowest BCUT2D eigenvalue weighted by Gasteiger charge is -2.07. The quantitative estimate of drug-likeness (QED) is 0.495. The summed E-state index contributed by atoms with van der Waals surface area (Å²) in [7, 11) is 0. The van der Waals surface area contributed by atoms with Crippen LogP contribution in [-0.2, 0) is 20.8 Å². The van der Waals surface area contributed by atoms with Crippen LogP contribution in [0.3, 0.4) is 0 Å². The number of benzene rings is 2. The van der Waals surface area contributed by atoms with Gasteiger partial charge in [0.25, 0.3) is 0 Å². The molecule has 0 heterocycles. The van der Waals surface area contributed by atoms with Crippen molar-refractivity contribution in [1.29, 1.82) is 0 Å². The van der Waals surface area contributed by atoms with Gasteiger partial charge in [-0.3, -0.25) is 0 Å². The summed E-state index contributed by atoms with van der Waals surface area (Å²) < 4.78 is 16.2. The number of rotatable bonds is 10. The fraction of sp³-hybridized carbons (Fsp3) is 0.412. The van der Waals surface area contributed by atoms with E-state index in [4.69, 9.17) is 25.8 Å². The fourth-order valence-electron chi connectivity index (χ4n) is 2.01. The molecule has 2 aromatic carbocycles. The fourth-order valence-corrected chi connectivity index (χ4v) is 2.12. The van der Waals surface area contributed by atoms with Crippen molar-refractivity contribution in [2.75, 3.05) is 38.9 Å². The third-order valence-electron chi connectivity index (χ3n) is 3.05. The van der Waals surface area contributed by atoms with E-state index in [1.54, 1.807) is 0 Å². The Hall–Kier alpha value is -1.13. The summed E-state index contributed by atoms with van der Waals surface area (Å²) in [5.41, 5.74) is 1.18. The van der Waals surface area contributed by atoms with Gasteiger partial charge in [-0.15, -0.1) is 11.6 Å². The molecule has 0 amide bonds. The van der Waals surface area contributed by atoms with Gasteiger partial charge in [-0.05, 0) is 22.4 Å². The predicted molar refractivity (Wildman–Crippen MR) is 86.0 cm³/mol. The Morgan fingerprint density at radius 2 is 1.38 bits per heavy atom. The lowest BCUT2D eigenvalue weighted by Crippen LogP contribution is -2.10. The van der Waals surface area contributed by atoms with Crippen LogP contribution in [0, 0.1) is 0 Å². The molecular formula is C17H21ClO3. The van der Waals surface area contributed by atoms with Crippen LogP contribution in [0.4, 0.5) is 0 Å². The highest BCUT2D eigenvalue weighted by molar-refractivity contribution is 6.17. The van der Waals surface area contributed by atoms with Crippen molar-refractivity contribution < 1.29 is 14.2 Å². The number of ether oxygens (including phenoxy) is 3. The minimum atomic E-state index is 0.523. The first-order chi connectivity index (χ1) is 10.4. The number of fused-ring (bicyclic) bond motifs is 1. The highest BCUT2D eigenvalue weighted by atomic mass is 35.5. The maximum Gasteiger partial charge on any atom is 0.0718 e. The van der Waals surface area contributed by atoms with Gasteiger partial charge in [-0.1, -0.05) is 36.4 Å². The molecule has 0 radical (unpaired) electrons. The number of hydrogen-bond acceptors (Lipinski definition) is 3. The van der Waals surface area contributed by atoms with Gasteiger partial charge < -0.3 is 14.2 Å². The van der Waals surface area contributed by atoms with Crippen molar-refractivity contribution in [2.45, 2.75) is 6.61 Å². The zero-order chi connectivity index (χ0) is 14.8. The van der Waals surface area contributed by atoms with Gasteiger partial charge >= 0.3 is 0 Å². The van der Waals surface area contributed by atoms with Crippen molar-refractivity contribution in [3.05, 3.63) is 48.0 Å². The lowest BCUT2D eigenvalue weighted by molar-refractivity contribution is 0.0131. The minimum absolute atomic E-state index is 0.523. The monoisotopic (exact) mass is 308 g/mol. The van der Waals surface area contributed by atoms with Gasteiger partial charge in [-0.2, -0.15) is 0 Å². The molecule has 0 atom stereocenters. The standard InChI is InChI=1S/C17H21ClO3/c18-7-8-19-9-10-20-11-12-21-14-15-5-6-16-3-1-2-4-17(16)13-15/h1-6,13H,7-12,14H2. The maximum atomic E-state index is 5.61. The Morgan fingerprint density at radius 3 is 2.14 bits per heavy atom. The SMILES string of the molecule is ClCCOCCOCCOCc1ccc2ccccc2c1. The van der Waals surface area contributed by atoms with E-state index in [2.05, 4.69) is 30.3 Å². The van der Waals surface area contributed by atoms with Crippen molar-refractivity contribution >= 4 is 22.4 Å². The summed E-state index contributed by atoms with van der Waals surface area (Å²) in [6, 6.07) is 14.7. The summed E-state index contributed by atoms with van der Waals surface area (Å²) in [5, 5.41) is 2.49. The molecule has 0 aliphatic heterocycles. The van der Waals surface area contributed by atoms with Gasteiger partial charge in [0, 0.05) is 5.88 Å². The van der Waals surface area contributed by atoms with E-state index in [0.717, 1.165) is 0 Å². The Labute approximate surface area is 130 Å². The van der Waals surface area contributed by atoms with E-state index in [1.807, 2.05) is 12.1 Å². The highest BCUT2D eigenvalue weighted by Gasteiger charge is 1.97. The van der Waals surface area contributed by atoms with Crippen LogP contribution in [-0.4, -0.2) is 38.9 Å². The van der Waals surface area contributed by atoms with Gasteiger partial charge in [0.05, 0.1) is 39.6 Å². The van der Waals surface area contributed by atoms with Crippen LogP contribution < -0.4 is 0 Å². The van der Waals surface area contributed by atoms with Crippen LogP contribution in [0.15, 0.2) is 42.5 Å². The zero-order valence-electron chi connectivity index (χ0n) is 12.1. The molecule has 4 heteroatoms. The van der Waals surface area contributed by atoms with Crippen molar-refractivity contribution in [2.24, 2.45) is 0 Å². The van der Waals surface area contributed by atoms with Crippen LogP contribution in [0.1, 0.15) is 5.56 Å². The first-order valence-corrected chi connectivity index (χ1v) is 7.70. The molecule has 0 spiro atoms. The predicted octanol–water partition coefficient (Wildman–Crippen LogP) is 3.63. The second kappa shape index (κ2) is 9.74. The molecular weight excluding hydrogens is 288 g/mol. The summed E-state index contributed by atoms with van der Waals surface area (Å²) in [5.74, 6) is 0.523. The normalized spacial score (nSPS) is 11.1. The molecule has 0 N–H and O–H groups in total. The molecule has 0 aliphatic rings. The third-order valence-corrected chi connectivity index (χ3v) is 3.20. The summed E-state index contributed by atoms with van der Waals surface area (Å²) >= 11 is 5.49. The minimum Gasteiger partial charge on any atom is -0.378 e. The van der Waals surface area contributed by atoms with Gasteiger partial charge in [0.15, 0.2) is 0 Å². The molecule has 0 bridgehead atoms. The Morgan fingerprint density at radius 1 is 0.714 bits per heavy atom. The molecule has 3 nitrogen and oxygen atoms in total. The number of hydrogen-bond donors (Lipinski definition) is 0. The maximum absolute atomic E-state index is 5.61. The Balaban J connectivity index is 1.59. The number of alkyl halides is 1. The second-order valence-corrected chi connectivity index (χ2v) is 5.03. The lowest BCUT2D eigenvalue weighted by atomic mass is 10.1. The second-order valence-electron chi connectivity index (χ2n) is 4.65. The van der Waals surface area contributed by atoms with E-state index in [1.165, 1.54) is 16.3 Å². The molecule has 2 aromatic rings. The molecule has 0 aliphatic carbocycles. The van der Waals surface area contributed by atoms with Gasteiger partial charge in [0.1, 0.15) is 0 Å². The zero-order valence-corrected chi connectivity index (χ0v) is 12.8. The van der Waals surface area contributed by atoms with Crippen molar-refractivity contribution in [1.82, 2.24) is 0 Å². The Bertz CT molecular complexity index is 530. The largest absolute Gasteiger partial charge is 0.378 e. The molecule has 0 saturated carbocycles. The topological polar surface area (TPSA) is 27.7 Å². The van der Waals surface area contributed by atoms with E-state index >= 15 is 0 Å². The highest BCUT2D eigenvalue weighted by Crippen LogP contribution is 2.16.